The summed E-state index contributed by atoms with van der Waals surface area (Å²) in [6.07, 6.45) is 5.53. The van der Waals surface area contributed by atoms with Gasteiger partial charge < -0.3 is 10.1 Å². The highest BCUT2D eigenvalue weighted by Crippen LogP contribution is 2.70. The van der Waals surface area contributed by atoms with Crippen LogP contribution in [0.25, 0.3) is 11.0 Å². The SMILES string of the molecule is CCOC(=O)c1c(NC(=O)[C@]23CC[C@](C)(c4nc5ccccc5nc42)C3(C)C)sc2c1CCCC2. The van der Waals surface area contributed by atoms with Crippen molar-refractivity contribution in [1.29, 1.82) is 0 Å². The number of hydrogen-bond donors (Lipinski definition) is 1. The smallest absolute Gasteiger partial charge is 0.341 e. The molecule has 0 radical (unpaired) electrons. The van der Waals surface area contributed by atoms with E-state index in [4.69, 9.17) is 14.7 Å². The van der Waals surface area contributed by atoms with Crippen molar-refractivity contribution in [3.8, 4) is 0 Å². The Balaban J connectivity index is 1.48. The number of benzene rings is 1. The summed E-state index contributed by atoms with van der Waals surface area (Å²) < 4.78 is 5.42. The number of aryl methyl sites for hydroxylation is 1. The van der Waals surface area contributed by atoms with Crippen LogP contribution >= 0.6 is 11.3 Å². The minimum atomic E-state index is -0.815. The van der Waals surface area contributed by atoms with Crippen LogP contribution < -0.4 is 5.32 Å². The van der Waals surface area contributed by atoms with Gasteiger partial charge in [-0.1, -0.05) is 32.9 Å². The Morgan fingerprint density at radius 2 is 1.71 bits per heavy atom. The minimum absolute atomic E-state index is 0.0845. The molecule has 7 heteroatoms. The first-order valence-corrected chi connectivity index (χ1v) is 13.5. The number of nitrogens with zero attached hydrogens (tertiary/aromatic N) is 2. The summed E-state index contributed by atoms with van der Waals surface area (Å²) in [4.78, 5) is 38.7. The second-order valence-electron chi connectivity index (χ2n) is 10.9. The molecule has 1 aromatic carbocycles. The molecule has 2 bridgehead atoms. The van der Waals surface area contributed by atoms with Gasteiger partial charge in [0.1, 0.15) is 5.00 Å². The van der Waals surface area contributed by atoms with Gasteiger partial charge in [-0.05, 0) is 68.6 Å². The van der Waals surface area contributed by atoms with Gasteiger partial charge >= 0.3 is 5.97 Å². The molecule has 0 aliphatic heterocycles. The lowest BCUT2D eigenvalue weighted by Crippen LogP contribution is -2.48. The Morgan fingerprint density at radius 1 is 1.03 bits per heavy atom. The molecule has 6 nitrogen and oxygen atoms in total. The monoisotopic (exact) mass is 489 g/mol. The molecule has 1 saturated carbocycles. The highest BCUT2D eigenvalue weighted by Gasteiger charge is 2.73. The molecule has 0 saturated heterocycles. The number of fused-ring (bicyclic) bond motifs is 7. The van der Waals surface area contributed by atoms with Crippen molar-refractivity contribution in [2.24, 2.45) is 5.41 Å². The number of aromatic nitrogens is 2. The van der Waals surface area contributed by atoms with E-state index >= 15 is 0 Å². The van der Waals surface area contributed by atoms with Gasteiger partial charge in [0.2, 0.25) is 5.91 Å². The fourth-order valence-electron chi connectivity index (χ4n) is 6.83. The zero-order valence-electron chi connectivity index (χ0n) is 20.8. The molecule has 1 N–H and O–H groups in total. The number of hydrogen-bond acceptors (Lipinski definition) is 6. The second kappa shape index (κ2) is 7.60. The van der Waals surface area contributed by atoms with E-state index in [-0.39, 0.29) is 22.7 Å². The van der Waals surface area contributed by atoms with Crippen molar-refractivity contribution < 1.29 is 14.3 Å². The molecule has 0 unspecified atom stereocenters. The van der Waals surface area contributed by atoms with Crippen molar-refractivity contribution in [2.75, 3.05) is 11.9 Å². The van der Waals surface area contributed by atoms with Gasteiger partial charge in [0.05, 0.1) is 40.0 Å². The third kappa shape index (κ3) is 2.82. The lowest BCUT2D eigenvalue weighted by molar-refractivity contribution is -0.125. The zero-order valence-corrected chi connectivity index (χ0v) is 21.6. The number of rotatable bonds is 4. The Labute approximate surface area is 209 Å². The van der Waals surface area contributed by atoms with E-state index in [1.807, 2.05) is 31.2 Å². The van der Waals surface area contributed by atoms with E-state index in [1.165, 1.54) is 4.88 Å². The zero-order chi connectivity index (χ0) is 24.6. The van der Waals surface area contributed by atoms with Gasteiger partial charge in [-0.15, -0.1) is 11.3 Å². The van der Waals surface area contributed by atoms with E-state index in [0.717, 1.165) is 60.1 Å². The molecule has 6 rings (SSSR count). The molecule has 3 aliphatic carbocycles. The van der Waals surface area contributed by atoms with Crippen LogP contribution in [0.4, 0.5) is 5.00 Å². The molecule has 1 fully saturated rings. The molecule has 3 aromatic rings. The van der Waals surface area contributed by atoms with E-state index in [9.17, 15) is 9.59 Å². The number of thiophene rings is 1. The average Bonchev–Trinajstić information content (AvgIpc) is 3.35. The average molecular weight is 490 g/mol. The molecule has 2 aromatic heterocycles. The van der Waals surface area contributed by atoms with Gasteiger partial charge in [0.25, 0.3) is 0 Å². The predicted molar refractivity (Wildman–Crippen MR) is 137 cm³/mol. The van der Waals surface area contributed by atoms with Crippen LogP contribution in [0.15, 0.2) is 24.3 Å². The summed E-state index contributed by atoms with van der Waals surface area (Å²) in [7, 11) is 0. The maximum atomic E-state index is 14.4. The third-order valence-electron chi connectivity index (χ3n) is 9.21. The number of anilines is 1. The maximum Gasteiger partial charge on any atom is 0.341 e. The number of ether oxygens (including phenoxy) is 1. The van der Waals surface area contributed by atoms with E-state index in [2.05, 4.69) is 26.1 Å². The summed E-state index contributed by atoms with van der Waals surface area (Å²) >= 11 is 1.54. The fraction of sp³-hybridized carbons (Fsp3) is 0.500. The van der Waals surface area contributed by atoms with Gasteiger partial charge in [-0.2, -0.15) is 0 Å². The first kappa shape index (κ1) is 22.7. The van der Waals surface area contributed by atoms with Crippen LogP contribution in [-0.2, 0) is 33.2 Å². The van der Waals surface area contributed by atoms with E-state index in [1.54, 1.807) is 11.3 Å². The highest BCUT2D eigenvalue weighted by molar-refractivity contribution is 7.17. The van der Waals surface area contributed by atoms with Crippen molar-refractivity contribution in [3.05, 3.63) is 51.7 Å². The van der Waals surface area contributed by atoms with Gasteiger partial charge in [-0.25, -0.2) is 14.8 Å². The van der Waals surface area contributed by atoms with Gasteiger partial charge in [-0.3, -0.25) is 4.79 Å². The van der Waals surface area contributed by atoms with Gasteiger partial charge in [0.15, 0.2) is 0 Å². The normalized spacial score (nSPS) is 25.8. The molecule has 0 spiro atoms. The van der Waals surface area contributed by atoms with Crippen LogP contribution in [0.3, 0.4) is 0 Å². The Bertz CT molecular complexity index is 1390. The van der Waals surface area contributed by atoms with Crippen molar-refractivity contribution in [1.82, 2.24) is 9.97 Å². The van der Waals surface area contributed by atoms with E-state index in [0.29, 0.717) is 23.6 Å². The maximum absolute atomic E-state index is 14.4. The lowest BCUT2D eigenvalue weighted by Gasteiger charge is -2.39. The standard InChI is InChI=1S/C28H31N3O3S/c1-5-34-24(32)20-16-10-6-9-13-19(16)35-23(20)31-25(33)28-15-14-27(4,26(28,2)3)21-22(28)30-18-12-8-7-11-17(18)29-21/h7-8,11-12H,5-6,9-10,13-15H2,1-4H3,(H,31,33)/t27-,28+/m1/s1. The summed E-state index contributed by atoms with van der Waals surface area (Å²) in [6.45, 7) is 8.71. The van der Waals surface area contributed by atoms with Crippen LogP contribution in [0, 0.1) is 5.41 Å². The number of carbonyl (C=O) groups excluding carboxylic acids is 2. The minimum Gasteiger partial charge on any atom is -0.462 e. The van der Waals surface area contributed by atoms with Crippen molar-refractivity contribution in [2.45, 2.75) is 77.0 Å². The van der Waals surface area contributed by atoms with E-state index < -0.39 is 5.41 Å². The molecule has 3 aliphatic rings. The first-order valence-electron chi connectivity index (χ1n) is 12.7. The number of nitrogens with one attached hydrogen (secondary N) is 1. The molecular weight excluding hydrogens is 458 g/mol. The Morgan fingerprint density at radius 3 is 2.43 bits per heavy atom. The molecule has 182 valence electrons. The second-order valence-corrected chi connectivity index (χ2v) is 12.0. The van der Waals surface area contributed by atoms with Crippen LogP contribution in [0.5, 0.6) is 0 Å². The Hall–Kier alpha value is -2.80. The van der Waals surface area contributed by atoms with Crippen LogP contribution in [-0.4, -0.2) is 28.5 Å². The largest absolute Gasteiger partial charge is 0.462 e. The number of carbonyl (C=O) groups is 2. The summed E-state index contributed by atoms with van der Waals surface area (Å²) in [6, 6.07) is 7.88. The van der Waals surface area contributed by atoms with Gasteiger partial charge in [0, 0.05) is 10.3 Å². The van der Waals surface area contributed by atoms with Crippen LogP contribution in [0.2, 0.25) is 0 Å². The fourth-order valence-corrected chi connectivity index (χ4v) is 8.10. The number of esters is 1. The predicted octanol–water partition coefficient (Wildman–Crippen LogP) is 5.71. The third-order valence-corrected chi connectivity index (χ3v) is 10.4. The molecular formula is C28H31N3O3S. The van der Waals surface area contributed by atoms with Crippen molar-refractivity contribution in [3.63, 3.8) is 0 Å². The summed E-state index contributed by atoms with van der Waals surface area (Å²) in [5, 5.41) is 3.87. The molecule has 1 amide bonds. The number of amides is 1. The summed E-state index contributed by atoms with van der Waals surface area (Å²) in [5.41, 5.74) is 3.57. The van der Waals surface area contributed by atoms with Crippen LogP contribution in [0.1, 0.15) is 85.6 Å². The molecule has 2 heterocycles. The quantitative estimate of drug-likeness (QED) is 0.475. The molecule has 35 heavy (non-hydrogen) atoms. The number of para-hydroxylation sites is 2. The summed E-state index contributed by atoms with van der Waals surface area (Å²) in [5.74, 6) is -0.425. The molecule has 2 atom stereocenters. The Kier molecular flexibility index (Phi) is 4.92. The van der Waals surface area contributed by atoms with Crippen molar-refractivity contribution >= 4 is 39.2 Å². The topological polar surface area (TPSA) is 81.2 Å². The highest BCUT2D eigenvalue weighted by atomic mass is 32.1. The first-order chi connectivity index (χ1) is 16.7. The lowest BCUT2D eigenvalue weighted by atomic mass is 9.63.